The van der Waals surface area contributed by atoms with Crippen molar-refractivity contribution in [1.82, 2.24) is 9.78 Å². The van der Waals surface area contributed by atoms with Crippen molar-refractivity contribution in [3.8, 4) is 22.0 Å². The number of thiophene rings is 1. The van der Waals surface area contributed by atoms with Crippen molar-refractivity contribution in [3.05, 3.63) is 126 Å². The minimum Gasteiger partial charge on any atom is -0.497 e. The third-order valence-corrected chi connectivity index (χ3v) is 6.71. The first kappa shape index (κ1) is 25.7. The lowest BCUT2D eigenvalue weighted by atomic mass is 10.1. The second kappa shape index (κ2) is 12.1. The average Bonchev–Trinajstić information content (AvgIpc) is 3.66. The van der Waals surface area contributed by atoms with Gasteiger partial charge in [0.25, 0.3) is 5.91 Å². The van der Waals surface area contributed by atoms with Crippen LogP contribution in [0.5, 0.6) is 5.75 Å². The summed E-state index contributed by atoms with van der Waals surface area (Å²) in [6.07, 6.45) is 3.68. The molecule has 0 saturated carbocycles. The Morgan fingerprint density at radius 2 is 1.72 bits per heavy atom. The molecule has 3 aromatic carbocycles. The van der Waals surface area contributed by atoms with Crippen LogP contribution < -0.4 is 10.1 Å². The van der Waals surface area contributed by atoms with Crippen LogP contribution >= 0.6 is 11.3 Å². The third-order valence-electron chi connectivity index (χ3n) is 5.83. The minimum absolute atomic E-state index is 0.479. The number of nitrogens with zero attached hydrogens (tertiary/aromatic N) is 2. The molecule has 8 heteroatoms. The number of rotatable bonds is 9. The number of hydrogen-bond donors (Lipinski definition) is 1. The van der Waals surface area contributed by atoms with Gasteiger partial charge in [-0.05, 0) is 41.8 Å². The highest BCUT2D eigenvalue weighted by Crippen LogP contribution is 2.29. The second-order valence-corrected chi connectivity index (χ2v) is 9.42. The van der Waals surface area contributed by atoms with Gasteiger partial charge in [0.05, 0.1) is 17.7 Å². The van der Waals surface area contributed by atoms with Crippen LogP contribution in [0.4, 0.5) is 5.69 Å². The average molecular weight is 536 g/mol. The van der Waals surface area contributed by atoms with Crippen molar-refractivity contribution >= 4 is 35.0 Å². The van der Waals surface area contributed by atoms with Gasteiger partial charge in [0, 0.05) is 35.2 Å². The minimum atomic E-state index is -1.15. The summed E-state index contributed by atoms with van der Waals surface area (Å²) in [5.74, 6) is -0.539. The van der Waals surface area contributed by atoms with Gasteiger partial charge in [-0.15, -0.1) is 11.3 Å². The highest BCUT2D eigenvalue weighted by molar-refractivity contribution is 7.13. The number of anilines is 1. The number of ether oxygens (including phenoxy) is 2. The van der Waals surface area contributed by atoms with Gasteiger partial charge in [0.1, 0.15) is 11.4 Å². The molecular formula is C31H25N3O4S. The van der Waals surface area contributed by atoms with Crippen LogP contribution in [0.25, 0.3) is 22.3 Å². The summed E-state index contributed by atoms with van der Waals surface area (Å²) >= 11 is 1.56. The topological polar surface area (TPSA) is 82.5 Å². The fraction of sp³-hybridized carbons (Fsp3) is 0.0645. The molecule has 0 aliphatic heterocycles. The largest absolute Gasteiger partial charge is 0.497 e. The second-order valence-electron chi connectivity index (χ2n) is 8.47. The van der Waals surface area contributed by atoms with Gasteiger partial charge in [-0.1, -0.05) is 60.7 Å². The van der Waals surface area contributed by atoms with Crippen LogP contribution in [-0.2, 0) is 14.3 Å². The summed E-state index contributed by atoms with van der Waals surface area (Å²) in [6.45, 7) is 0. The van der Waals surface area contributed by atoms with Crippen LogP contribution in [0.2, 0.25) is 0 Å². The summed E-state index contributed by atoms with van der Waals surface area (Å²) < 4.78 is 12.7. The zero-order valence-electron chi connectivity index (χ0n) is 21.1. The first-order chi connectivity index (χ1) is 19.1. The molecule has 0 fully saturated rings. The van der Waals surface area contributed by atoms with Crippen molar-refractivity contribution in [1.29, 1.82) is 0 Å². The maximum Gasteiger partial charge on any atom is 0.331 e. The molecule has 0 radical (unpaired) electrons. The van der Waals surface area contributed by atoms with Gasteiger partial charge in [0.2, 0.25) is 6.10 Å². The molecule has 1 N–H and O–H groups in total. The molecule has 2 aromatic heterocycles. The number of aromatic nitrogens is 2. The van der Waals surface area contributed by atoms with Crippen molar-refractivity contribution in [2.24, 2.45) is 0 Å². The quantitative estimate of drug-likeness (QED) is 0.171. The molecule has 5 rings (SSSR count). The van der Waals surface area contributed by atoms with E-state index in [1.54, 1.807) is 77.7 Å². The van der Waals surface area contributed by atoms with Gasteiger partial charge >= 0.3 is 5.97 Å². The number of benzene rings is 3. The van der Waals surface area contributed by atoms with Crippen LogP contribution in [0.1, 0.15) is 17.2 Å². The summed E-state index contributed by atoms with van der Waals surface area (Å²) in [5, 5.41) is 9.54. The summed E-state index contributed by atoms with van der Waals surface area (Å²) in [5.41, 5.74) is 3.47. The van der Waals surface area contributed by atoms with Crippen LogP contribution in [0.15, 0.2) is 115 Å². The Morgan fingerprint density at radius 3 is 2.44 bits per heavy atom. The Bertz CT molecular complexity index is 1580. The number of methoxy groups -OCH3 is 1. The number of carbonyl (C=O) groups excluding carboxylic acids is 2. The molecule has 5 aromatic rings. The van der Waals surface area contributed by atoms with Gasteiger partial charge in [-0.3, -0.25) is 4.79 Å². The molecule has 0 aliphatic carbocycles. The lowest BCUT2D eigenvalue weighted by Crippen LogP contribution is -2.25. The van der Waals surface area contributed by atoms with Crippen molar-refractivity contribution in [3.63, 3.8) is 0 Å². The molecule has 1 amide bonds. The molecule has 0 unspecified atom stereocenters. The van der Waals surface area contributed by atoms with E-state index in [-0.39, 0.29) is 0 Å². The van der Waals surface area contributed by atoms with Gasteiger partial charge in [0.15, 0.2) is 0 Å². The first-order valence-electron chi connectivity index (χ1n) is 12.2. The number of para-hydroxylation sites is 1. The Labute approximate surface area is 230 Å². The lowest BCUT2D eigenvalue weighted by molar-refractivity contribution is -0.149. The van der Waals surface area contributed by atoms with E-state index in [2.05, 4.69) is 5.32 Å². The van der Waals surface area contributed by atoms with Crippen LogP contribution in [0, 0.1) is 0 Å². The molecule has 0 saturated heterocycles. The normalized spacial score (nSPS) is 11.7. The zero-order chi connectivity index (χ0) is 27.0. The van der Waals surface area contributed by atoms with E-state index in [4.69, 9.17) is 14.6 Å². The molecule has 194 valence electrons. The van der Waals surface area contributed by atoms with Gasteiger partial charge < -0.3 is 14.8 Å². The van der Waals surface area contributed by atoms with E-state index >= 15 is 0 Å². The van der Waals surface area contributed by atoms with Crippen LogP contribution in [-0.4, -0.2) is 28.8 Å². The fourth-order valence-electron chi connectivity index (χ4n) is 3.95. The first-order valence-corrected chi connectivity index (χ1v) is 13.1. The van der Waals surface area contributed by atoms with E-state index in [0.29, 0.717) is 17.0 Å². The van der Waals surface area contributed by atoms with E-state index in [0.717, 1.165) is 21.8 Å². The molecule has 0 bridgehead atoms. The molecule has 7 nitrogen and oxygen atoms in total. The van der Waals surface area contributed by atoms with E-state index in [1.165, 1.54) is 6.08 Å². The van der Waals surface area contributed by atoms with Crippen LogP contribution in [0.3, 0.4) is 0 Å². The Morgan fingerprint density at radius 1 is 0.949 bits per heavy atom. The Balaban J connectivity index is 1.38. The smallest absolute Gasteiger partial charge is 0.331 e. The van der Waals surface area contributed by atoms with Gasteiger partial charge in [-0.25, -0.2) is 9.48 Å². The fourth-order valence-corrected chi connectivity index (χ4v) is 4.68. The monoisotopic (exact) mass is 535 g/mol. The molecule has 1 atom stereocenters. The standard InChI is InChI=1S/C31H25N3O4S/c1-37-26-15-8-12-24(20-26)32-31(36)30(22-10-4-2-5-11-22)38-28(35)18-17-23-21-34(25-13-6-3-7-14-25)33-29(23)27-16-9-19-39-27/h2-21,30H,1H3,(H,32,36)/b18-17+/t30-/m1/s1. The number of carbonyl (C=O) groups is 2. The van der Waals surface area contributed by atoms with Gasteiger partial charge in [-0.2, -0.15) is 5.10 Å². The molecule has 39 heavy (non-hydrogen) atoms. The van der Waals surface area contributed by atoms with E-state index < -0.39 is 18.0 Å². The molecule has 0 spiro atoms. The maximum atomic E-state index is 13.2. The SMILES string of the molecule is COc1cccc(NC(=O)[C@H](OC(=O)/C=C/c2cn(-c3ccccc3)nc2-c2cccs2)c2ccccc2)c1. The number of hydrogen-bond acceptors (Lipinski definition) is 6. The summed E-state index contributed by atoms with van der Waals surface area (Å²) in [6, 6.07) is 29.5. The predicted octanol–water partition coefficient (Wildman–Crippen LogP) is 6.55. The predicted molar refractivity (Wildman–Crippen MR) is 153 cm³/mol. The molecule has 2 heterocycles. The molecule has 0 aliphatic rings. The lowest BCUT2D eigenvalue weighted by Gasteiger charge is -2.17. The van der Waals surface area contributed by atoms with E-state index in [9.17, 15) is 9.59 Å². The molecular weight excluding hydrogens is 510 g/mol. The third kappa shape index (κ3) is 6.31. The number of amides is 1. The highest BCUT2D eigenvalue weighted by atomic mass is 32.1. The number of nitrogens with one attached hydrogen (secondary N) is 1. The summed E-state index contributed by atoms with van der Waals surface area (Å²) in [4.78, 5) is 27.2. The Kier molecular flexibility index (Phi) is 7.95. The van der Waals surface area contributed by atoms with E-state index in [1.807, 2.05) is 60.1 Å². The maximum absolute atomic E-state index is 13.2. The van der Waals surface area contributed by atoms with Crippen molar-refractivity contribution < 1.29 is 19.1 Å². The summed E-state index contributed by atoms with van der Waals surface area (Å²) in [7, 11) is 1.55. The number of esters is 1. The van der Waals surface area contributed by atoms with Crippen molar-refractivity contribution in [2.45, 2.75) is 6.10 Å². The Hall–Kier alpha value is -4.95. The highest BCUT2D eigenvalue weighted by Gasteiger charge is 2.24. The zero-order valence-corrected chi connectivity index (χ0v) is 21.9. The van der Waals surface area contributed by atoms with Crippen molar-refractivity contribution in [2.75, 3.05) is 12.4 Å².